The van der Waals surface area contributed by atoms with Gasteiger partial charge < -0.3 is 9.84 Å². The summed E-state index contributed by atoms with van der Waals surface area (Å²) in [6, 6.07) is 7.54. The molecule has 0 atom stereocenters. The predicted octanol–water partition coefficient (Wildman–Crippen LogP) is 1.64. The van der Waals surface area contributed by atoms with E-state index in [2.05, 4.69) is 9.97 Å². The first-order valence-corrected chi connectivity index (χ1v) is 4.89. The van der Waals surface area contributed by atoms with Gasteiger partial charge in [0.05, 0.1) is 37.5 Å². The van der Waals surface area contributed by atoms with Crippen LogP contribution >= 0.6 is 0 Å². The van der Waals surface area contributed by atoms with Crippen LogP contribution in [0.5, 0.6) is 5.75 Å². The lowest BCUT2D eigenvalue weighted by molar-refractivity contribution is 0.276. The first-order chi connectivity index (χ1) is 7.83. The third-order valence-corrected chi connectivity index (χ3v) is 2.23. The highest BCUT2D eigenvalue weighted by Crippen LogP contribution is 2.19. The predicted molar refractivity (Wildman–Crippen MR) is 59.9 cm³/mol. The Morgan fingerprint density at radius 3 is 2.56 bits per heavy atom. The van der Waals surface area contributed by atoms with Crippen LogP contribution in [-0.4, -0.2) is 22.2 Å². The van der Waals surface area contributed by atoms with Gasteiger partial charge in [-0.3, -0.25) is 4.98 Å². The summed E-state index contributed by atoms with van der Waals surface area (Å²) in [6.07, 6.45) is 3.22. The molecule has 0 bridgehead atoms. The summed E-state index contributed by atoms with van der Waals surface area (Å²) >= 11 is 0. The van der Waals surface area contributed by atoms with Crippen LogP contribution in [0.25, 0.3) is 11.3 Å². The number of ether oxygens (including phenoxy) is 1. The van der Waals surface area contributed by atoms with E-state index in [9.17, 15) is 0 Å². The maximum Gasteiger partial charge on any atom is 0.118 e. The highest BCUT2D eigenvalue weighted by molar-refractivity contribution is 5.59. The van der Waals surface area contributed by atoms with Crippen molar-refractivity contribution in [1.29, 1.82) is 0 Å². The van der Waals surface area contributed by atoms with E-state index < -0.39 is 0 Å². The maximum absolute atomic E-state index is 8.97. The molecule has 0 aliphatic carbocycles. The van der Waals surface area contributed by atoms with Crippen LogP contribution in [0.3, 0.4) is 0 Å². The van der Waals surface area contributed by atoms with E-state index in [-0.39, 0.29) is 6.61 Å². The summed E-state index contributed by atoms with van der Waals surface area (Å²) in [4.78, 5) is 8.28. The molecule has 0 amide bonds. The summed E-state index contributed by atoms with van der Waals surface area (Å²) in [5.41, 5.74) is 2.26. The molecule has 2 aromatic rings. The van der Waals surface area contributed by atoms with Gasteiger partial charge in [-0.25, -0.2) is 4.98 Å². The second-order valence-electron chi connectivity index (χ2n) is 3.28. The lowest BCUT2D eigenvalue weighted by atomic mass is 10.1. The van der Waals surface area contributed by atoms with Gasteiger partial charge in [-0.05, 0) is 24.3 Å². The quantitative estimate of drug-likeness (QED) is 0.847. The maximum atomic E-state index is 8.97. The van der Waals surface area contributed by atoms with Crippen molar-refractivity contribution in [2.75, 3.05) is 7.11 Å². The minimum Gasteiger partial charge on any atom is -0.497 e. The second kappa shape index (κ2) is 4.72. The first-order valence-electron chi connectivity index (χ1n) is 4.89. The van der Waals surface area contributed by atoms with Crippen molar-refractivity contribution in [2.24, 2.45) is 0 Å². The summed E-state index contributed by atoms with van der Waals surface area (Å²) in [5.74, 6) is 0.801. The van der Waals surface area contributed by atoms with Crippen molar-refractivity contribution >= 4 is 0 Å². The summed E-state index contributed by atoms with van der Waals surface area (Å²) in [7, 11) is 1.63. The van der Waals surface area contributed by atoms with Crippen molar-refractivity contribution in [1.82, 2.24) is 9.97 Å². The Kier molecular flexibility index (Phi) is 3.12. The Morgan fingerprint density at radius 1 is 1.19 bits per heavy atom. The molecular weight excluding hydrogens is 204 g/mol. The van der Waals surface area contributed by atoms with Crippen molar-refractivity contribution < 1.29 is 9.84 Å². The van der Waals surface area contributed by atoms with E-state index in [4.69, 9.17) is 9.84 Å². The number of hydrogen-bond donors (Lipinski definition) is 1. The fourth-order valence-electron chi connectivity index (χ4n) is 1.38. The molecule has 0 aliphatic rings. The third-order valence-electron chi connectivity index (χ3n) is 2.23. The highest BCUT2D eigenvalue weighted by Gasteiger charge is 2.01. The molecule has 0 spiro atoms. The highest BCUT2D eigenvalue weighted by atomic mass is 16.5. The van der Waals surface area contributed by atoms with Crippen LogP contribution < -0.4 is 4.74 Å². The van der Waals surface area contributed by atoms with Crippen LogP contribution in [0.15, 0.2) is 36.7 Å². The first kappa shape index (κ1) is 10.6. The van der Waals surface area contributed by atoms with Gasteiger partial charge in [0.25, 0.3) is 0 Å². The number of aliphatic hydroxyl groups excluding tert-OH is 1. The van der Waals surface area contributed by atoms with Crippen molar-refractivity contribution in [3.63, 3.8) is 0 Å². The van der Waals surface area contributed by atoms with E-state index in [0.29, 0.717) is 5.69 Å². The average Bonchev–Trinajstić information content (AvgIpc) is 2.39. The van der Waals surface area contributed by atoms with Gasteiger partial charge >= 0.3 is 0 Å². The number of rotatable bonds is 3. The number of nitrogens with zero attached hydrogens (tertiary/aromatic N) is 2. The smallest absolute Gasteiger partial charge is 0.118 e. The van der Waals surface area contributed by atoms with Gasteiger partial charge in [0.15, 0.2) is 0 Å². The fourth-order valence-corrected chi connectivity index (χ4v) is 1.38. The molecule has 2 rings (SSSR count). The van der Waals surface area contributed by atoms with E-state index >= 15 is 0 Å². The standard InChI is InChI=1S/C12H12N2O2/c1-16-11-4-2-9(3-5-11)12-7-13-6-10(8-15)14-12/h2-7,15H,8H2,1H3. The minimum absolute atomic E-state index is 0.100. The number of aromatic nitrogens is 2. The lowest BCUT2D eigenvalue weighted by Crippen LogP contribution is -1.93. The van der Waals surface area contributed by atoms with E-state index in [1.807, 2.05) is 24.3 Å². The van der Waals surface area contributed by atoms with Crippen LogP contribution in [0, 0.1) is 0 Å². The Labute approximate surface area is 93.6 Å². The van der Waals surface area contributed by atoms with E-state index in [1.54, 1.807) is 19.5 Å². The Morgan fingerprint density at radius 2 is 1.94 bits per heavy atom. The van der Waals surface area contributed by atoms with E-state index in [0.717, 1.165) is 17.0 Å². The Balaban J connectivity index is 2.34. The number of aliphatic hydroxyl groups is 1. The van der Waals surface area contributed by atoms with Crippen molar-refractivity contribution in [3.05, 3.63) is 42.4 Å². The van der Waals surface area contributed by atoms with Gasteiger partial charge in [0, 0.05) is 5.56 Å². The van der Waals surface area contributed by atoms with Crippen molar-refractivity contribution in [2.45, 2.75) is 6.61 Å². The molecule has 4 nitrogen and oxygen atoms in total. The molecule has 0 unspecified atom stereocenters. The molecule has 1 N–H and O–H groups in total. The van der Waals surface area contributed by atoms with Crippen LogP contribution in [0.1, 0.15) is 5.69 Å². The van der Waals surface area contributed by atoms with Gasteiger partial charge in [-0.15, -0.1) is 0 Å². The third kappa shape index (κ3) is 2.17. The molecular formula is C12H12N2O2. The van der Waals surface area contributed by atoms with Gasteiger partial charge in [0.1, 0.15) is 5.75 Å². The zero-order valence-electron chi connectivity index (χ0n) is 8.92. The van der Waals surface area contributed by atoms with Crippen LogP contribution in [-0.2, 0) is 6.61 Å². The summed E-state index contributed by atoms with van der Waals surface area (Å²) in [6.45, 7) is -0.100. The summed E-state index contributed by atoms with van der Waals surface area (Å²) < 4.78 is 5.07. The fraction of sp³-hybridized carbons (Fsp3) is 0.167. The normalized spacial score (nSPS) is 10.1. The Hall–Kier alpha value is -1.94. The minimum atomic E-state index is -0.100. The molecule has 0 radical (unpaired) electrons. The number of methoxy groups -OCH3 is 1. The molecule has 0 saturated heterocycles. The lowest BCUT2D eigenvalue weighted by Gasteiger charge is -2.03. The SMILES string of the molecule is COc1ccc(-c2cncc(CO)n2)cc1. The molecule has 1 aromatic heterocycles. The summed E-state index contributed by atoms with van der Waals surface area (Å²) in [5, 5.41) is 8.97. The molecule has 1 heterocycles. The van der Waals surface area contributed by atoms with Crippen LogP contribution in [0.4, 0.5) is 0 Å². The van der Waals surface area contributed by atoms with Gasteiger partial charge in [-0.2, -0.15) is 0 Å². The zero-order chi connectivity index (χ0) is 11.4. The van der Waals surface area contributed by atoms with E-state index in [1.165, 1.54) is 0 Å². The van der Waals surface area contributed by atoms with Crippen LogP contribution in [0.2, 0.25) is 0 Å². The van der Waals surface area contributed by atoms with Gasteiger partial charge in [0.2, 0.25) is 0 Å². The number of benzene rings is 1. The zero-order valence-corrected chi connectivity index (χ0v) is 8.92. The molecule has 0 saturated carbocycles. The molecule has 4 heteroatoms. The second-order valence-corrected chi connectivity index (χ2v) is 3.28. The average molecular weight is 216 g/mol. The molecule has 82 valence electrons. The molecule has 0 aliphatic heterocycles. The Bertz CT molecular complexity index is 469. The number of hydrogen-bond acceptors (Lipinski definition) is 4. The largest absolute Gasteiger partial charge is 0.497 e. The monoisotopic (exact) mass is 216 g/mol. The molecule has 0 fully saturated rings. The van der Waals surface area contributed by atoms with Gasteiger partial charge in [-0.1, -0.05) is 0 Å². The molecule has 16 heavy (non-hydrogen) atoms. The van der Waals surface area contributed by atoms with Crippen molar-refractivity contribution in [3.8, 4) is 17.0 Å². The topological polar surface area (TPSA) is 55.2 Å². The molecule has 1 aromatic carbocycles.